The number of aryl methyl sites for hydroxylation is 1. The Bertz CT molecular complexity index is 1230. The number of hydrogen-bond donors (Lipinski definition) is 1. The largest absolute Gasteiger partial charge is 0.497 e. The molecule has 0 spiro atoms. The zero-order valence-electron chi connectivity index (χ0n) is 19.2. The number of aromatic nitrogens is 1. The summed E-state index contributed by atoms with van der Waals surface area (Å²) >= 11 is 0. The van der Waals surface area contributed by atoms with E-state index >= 15 is 0 Å². The van der Waals surface area contributed by atoms with E-state index in [1.807, 2.05) is 42.6 Å². The van der Waals surface area contributed by atoms with Crippen molar-refractivity contribution in [3.05, 3.63) is 60.3 Å². The number of rotatable bonds is 8. The van der Waals surface area contributed by atoms with E-state index in [1.165, 1.54) is 4.31 Å². The number of nitrogens with one attached hydrogen (secondary N) is 1. The maximum Gasteiger partial charge on any atom is 0.243 e. The summed E-state index contributed by atoms with van der Waals surface area (Å²) in [5.74, 6) is 0.634. The predicted molar refractivity (Wildman–Crippen MR) is 129 cm³/mol. The molecule has 1 aromatic heterocycles. The van der Waals surface area contributed by atoms with Crippen LogP contribution in [0.4, 0.5) is 0 Å². The molecule has 0 atom stereocenters. The summed E-state index contributed by atoms with van der Waals surface area (Å²) in [7, 11) is -1.95. The predicted octanol–water partition coefficient (Wildman–Crippen LogP) is 3.43. The van der Waals surface area contributed by atoms with E-state index in [4.69, 9.17) is 4.74 Å². The Morgan fingerprint density at radius 3 is 2.64 bits per heavy atom. The molecule has 0 bridgehead atoms. The van der Waals surface area contributed by atoms with E-state index in [0.29, 0.717) is 37.4 Å². The lowest BCUT2D eigenvalue weighted by Crippen LogP contribution is -2.43. The molecule has 3 aromatic rings. The van der Waals surface area contributed by atoms with Gasteiger partial charge in [-0.05, 0) is 68.1 Å². The SMILES string of the molecule is CCn1ccc2cc(S(=O)(=O)N3CCC(C(=O)NCCc4cccc(OC)c4)CC3)ccc21. The second kappa shape index (κ2) is 9.97. The van der Waals surface area contributed by atoms with Crippen molar-refractivity contribution in [2.24, 2.45) is 5.92 Å². The van der Waals surface area contributed by atoms with Gasteiger partial charge in [-0.3, -0.25) is 4.79 Å². The minimum Gasteiger partial charge on any atom is -0.497 e. The van der Waals surface area contributed by atoms with Gasteiger partial charge in [0.25, 0.3) is 0 Å². The van der Waals surface area contributed by atoms with Crippen LogP contribution >= 0.6 is 0 Å². The Balaban J connectivity index is 1.31. The van der Waals surface area contributed by atoms with Gasteiger partial charge >= 0.3 is 0 Å². The van der Waals surface area contributed by atoms with Crippen LogP contribution in [-0.2, 0) is 27.8 Å². The van der Waals surface area contributed by atoms with Gasteiger partial charge in [0.2, 0.25) is 15.9 Å². The molecule has 0 unspecified atom stereocenters. The van der Waals surface area contributed by atoms with Gasteiger partial charge in [-0.1, -0.05) is 12.1 Å². The number of amides is 1. The summed E-state index contributed by atoms with van der Waals surface area (Å²) in [6.07, 6.45) is 3.75. The molecule has 1 aliphatic rings. The number of piperidine rings is 1. The van der Waals surface area contributed by atoms with Crippen molar-refractivity contribution in [2.75, 3.05) is 26.7 Å². The van der Waals surface area contributed by atoms with Crippen molar-refractivity contribution in [1.29, 1.82) is 0 Å². The van der Waals surface area contributed by atoms with Gasteiger partial charge in [0.15, 0.2) is 0 Å². The molecule has 8 heteroatoms. The Kier molecular flexibility index (Phi) is 7.05. The van der Waals surface area contributed by atoms with Gasteiger partial charge in [-0.2, -0.15) is 4.31 Å². The summed E-state index contributed by atoms with van der Waals surface area (Å²) < 4.78 is 35.2. The highest BCUT2D eigenvalue weighted by atomic mass is 32.2. The number of carbonyl (C=O) groups is 1. The van der Waals surface area contributed by atoms with E-state index < -0.39 is 10.0 Å². The van der Waals surface area contributed by atoms with Gasteiger partial charge in [0.05, 0.1) is 12.0 Å². The third kappa shape index (κ3) is 5.07. The van der Waals surface area contributed by atoms with Crippen LogP contribution < -0.4 is 10.1 Å². The Hall–Kier alpha value is -2.84. The molecule has 1 fully saturated rings. The molecule has 7 nitrogen and oxygen atoms in total. The fourth-order valence-corrected chi connectivity index (χ4v) is 5.93. The van der Waals surface area contributed by atoms with E-state index in [0.717, 1.165) is 35.2 Å². The lowest BCUT2D eigenvalue weighted by molar-refractivity contribution is -0.126. The van der Waals surface area contributed by atoms with E-state index in [2.05, 4.69) is 16.8 Å². The van der Waals surface area contributed by atoms with Crippen molar-refractivity contribution in [3.63, 3.8) is 0 Å². The Morgan fingerprint density at radius 1 is 1.12 bits per heavy atom. The zero-order chi connectivity index (χ0) is 23.4. The second-order valence-corrected chi connectivity index (χ2v) is 10.3. The van der Waals surface area contributed by atoms with Crippen LogP contribution in [-0.4, -0.2) is 49.9 Å². The fraction of sp³-hybridized carbons (Fsp3) is 0.400. The fourth-order valence-electron chi connectivity index (χ4n) is 4.42. The van der Waals surface area contributed by atoms with Gasteiger partial charge < -0.3 is 14.6 Å². The maximum absolute atomic E-state index is 13.2. The molecule has 0 radical (unpaired) electrons. The minimum absolute atomic E-state index is 0.00253. The molecule has 176 valence electrons. The van der Waals surface area contributed by atoms with Crippen LogP contribution in [0.15, 0.2) is 59.6 Å². The lowest BCUT2D eigenvalue weighted by atomic mass is 9.97. The number of carbonyl (C=O) groups excluding carboxylic acids is 1. The van der Waals surface area contributed by atoms with Crippen LogP contribution in [0.5, 0.6) is 5.75 Å². The molecule has 1 N–H and O–H groups in total. The summed E-state index contributed by atoms with van der Waals surface area (Å²) in [5, 5.41) is 3.92. The number of ether oxygens (including phenoxy) is 1. The lowest BCUT2D eigenvalue weighted by Gasteiger charge is -2.30. The monoisotopic (exact) mass is 469 g/mol. The number of sulfonamides is 1. The van der Waals surface area contributed by atoms with Crippen LogP contribution in [0.2, 0.25) is 0 Å². The third-order valence-electron chi connectivity index (χ3n) is 6.39. The van der Waals surface area contributed by atoms with Crippen molar-refractivity contribution >= 4 is 26.8 Å². The zero-order valence-corrected chi connectivity index (χ0v) is 20.0. The first-order chi connectivity index (χ1) is 15.9. The number of methoxy groups -OCH3 is 1. The first kappa shape index (κ1) is 23.3. The molecule has 1 saturated heterocycles. The average molecular weight is 470 g/mol. The quantitative estimate of drug-likeness (QED) is 0.548. The standard InChI is InChI=1S/C25H31N3O4S/c1-3-27-14-10-21-18-23(7-8-24(21)27)33(30,31)28-15-11-20(12-16-28)25(29)26-13-9-19-5-4-6-22(17-19)32-2/h4-8,10,14,17-18,20H,3,9,11-13,15-16H2,1-2H3,(H,26,29). The van der Waals surface area contributed by atoms with Gasteiger partial charge in [-0.25, -0.2) is 8.42 Å². The normalized spacial score (nSPS) is 15.6. The Labute approximate surface area is 195 Å². The van der Waals surface area contributed by atoms with Gasteiger partial charge in [-0.15, -0.1) is 0 Å². The van der Waals surface area contributed by atoms with Crippen molar-refractivity contribution in [2.45, 2.75) is 37.6 Å². The summed E-state index contributed by atoms with van der Waals surface area (Å²) in [5.41, 5.74) is 2.13. The molecule has 1 amide bonds. The summed E-state index contributed by atoms with van der Waals surface area (Å²) in [4.78, 5) is 12.9. The average Bonchev–Trinajstić information content (AvgIpc) is 3.26. The molecular weight excluding hydrogens is 438 g/mol. The summed E-state index contributed by atoms with van der Waals surface area (Å²) in [6.45, 7) is 4.14. The Morgan fingerprint density at radius 2 is 1.91 bits per heavy atom. The highest BCUT2D eigenvalue weighted by molar-refractivity contribution is 7.89. The van der Waals surface area contributed by atoms with E-state index in [-0.39, 0.29) is 11.8 Å². The molecule has 33 heavy (non-hydrogen) atoms. The first-order valence-corrected chi connectivity index (χ1v) is 12.9. The highest BCUT2D eigenvalue weighted by Crippen LogP contribution is 2.27. The molecule has 0 aliphatic carbocycles. The minimum atomic E-state index is -3.58. The number of nitrogens with zero attached hydrogens (tertiary/aromatic N) is 2. The molecule has 2 heterocycles. The van der Waals surface area contributed by atoms with Crippen LogP contribution in [0.1, 0.15) is 25.3 Å². The number of benzene rings is 2. The van der Waals surface area contributed by atoms with Gasteiger partial charge in [0, 0.05) is 49.2 Å². The van der Waals surface area contributed by atoms with E-state index in [1.54, 1.807) is 19.2 Å². The molecule has 2 aromatic carbocycles. The second-order valence-electron chi connectivity index (χ2n) is 8.39. The summed E-state index contributed by atoms with van der Waals surface area (Å²) in [6, 6.07) is 15.0. The third-order valence-corrected chi connectivity index (χ3v) is 8.29. The smallest absolute Gasteiger partial charge is 0.243 e. The van der Waals surface area contributed by atoms with Crippen molar-refractivity contribution < 1.29 is 17.9 Å². The highest BCUT2D eigenvalue weighted by Gasteiger charge is 2.32. The van der Waals surface area contributed by atoms with Crippen molar-refractivity contribution in [1.82, 2.24) is 14.2 Å². The van der Waals surface area contributed by atoms with E-state index in [9.17, 15) is 13.2 Å². The molecule has 0 saturated carbocycles. The van der Waals surface area contributed by atoms with Crippen molar-refractivity contribution in [3.8, 4) is 5.75 Å². The number of hydrogen-bond acceptors (Lipinski definition) is 4. The molecule has 4 rings (SSSR count). The molecular formula is C25H31N3O4S. The topological polar surface area (TPSA) is 80.6 Å². The van der Waals surface area contributed by atoms with Gasteiger partial charge in [0.1, 0.15) is 5.75 Å². The first-order valence-electron chi connectivity index (χ1n) is 11.4. The van der Waals surface area contributed by atoms with Crippen LogP contribution in [0.25, 0.3) is 10.9 Å². The number of fused-ring (bicyclic) bond motifs is 1. The van der Waals surface area contributed by atoms with Crippen LogP contribution in [0, 0.1) is 5.92 Å². The maximum atomic E-state index is 13.2. The van der Waals surface area contributed by atoms with Crippen LogP contribution in [0.3, 0.4) is 0 Å². The molecule has 1 aliphatic heterocycles.